The van der Waals surface area contributed by atoms with E-state index in [2.05, 4.69) is 5.32 Å². The van der Waals surface area contributed by atoms with Crippen molar-refractivity contribution in [1.82, 2.24) is 5.32 Å². The van der Waals surface area contributed by atoms with Crippen molar-refractivity contribution in [1.29, 1.82) is 5.26 Å². The first-order chi connectivity index (χ1) is 8.99. The van der Waals surface area contributed by atoms with Crippen LogP contribution in [-0.4, -0.2) is 16.9 Å². The molecule has 1 atom stereocenters. The Morgan fingerprint density at radius 3 is 2.79 bits per heavy atom. The van der Waals surface area contributed by atoms with Crippen molar-refractivity contribution in [3.8, 4) is 6.07 Å². The molecule has 0 saturated heterocycles. The summed E-state index contributed by atoms with van der Waals surface area (Å²) in [6.45, 7) is 3.48. The molecule has 1 aromatic rings. The van der Waals surface area contributed by atoms with Gasteiger partial charge in [0.2, 0.25) is 0 Å². The number of carbonyl (C=O) groups excluding carboxylic acids is 1. The Bertz CT molecular complexity index is 534. The van der Waals surface area contributed by atoms with E-state index >= 15 is 0 Å². The first-order valence-corrected chi connectivity index (χ1v) is 5.92. The summed E-state index contributed by atoms with van der Waals surface area (Å²) in [5.74, 6) is -0.398. The molecule has 1 N–H and O–H groups in total. The van der Waals surface area contributed by atoms with Gasteiger partial charge in [-0.3, -0.25) is 14.9 Å². The number of hydrogen-bond donors (Lipinski definition) is 1. The molecule has 0 radical (unpaired) electrons. The van der Waals surface area contributed by atoms with Gasteiger partial charge >= 0.3 is 0 Å². The summed E-state index contributed by atoms with van der Waals surface area (Å²) in [4.78, 5) is 22.2. The Balaban J connectivity index is 2.92. The summed E-state index contributed by atoms with van der Waals surface area (Å²) in [5.41, 5.74) is 0.653. The van der Waals surface area contributed by atoms with Crippen LogP contribution in [0, 0.1) is 28.4 Å². The van der Waals surface area contributed by atoms with Crippen LogP contribution < -0.4 is 5.32 Å². The highest BCUT2D eigenvalue weighted by Gasteiger charge is 2.16. The topological polar surface area (TPSA) is 96.0 Å². The summed E-state index contributed by atoms with van der Waals surface area (Å²) in [7, 11) is 0. The molecule has 0 saturated carbocycles. The lowest BCUT2D eigenvalue weighted by Gasteiger charge is -2.13. The first-order valence-electron chi connectivity index (χ1n) is 5.92. The maximum Gasteiger partial charge on any atom is 0.273 e. The second kappa shape index (κ2) is 6.50. The molecule has 0 heterocycles. The van der Waals surface area contributed by atoms with Gasteiger partial charge in [0.15, 0.2) is 0 Å². The fourth-order valence-electron chi connectivity index (χ4n) is 1.62. The average molecular weight is 261 g/mol. The molecule has 0 fully saturated rings. The van der Waals surface area contributed by atoms with Gasteiger partial charge in [0.25, 0.3) is 11.6 Å². The van der Waals surface area contributed by atoms with Crippen LogP contribution >= 0.6 is 0 Å². The molecule has 0 aliphatic heterocycles. The third kappa shape index (κ3) is 3.78. The second-order valence-corrected chi connectivity index (χ2v) is 4.20. The largest absolute Gasteiger partial charge is 0.348 e. The Morgan fingerprint density at radius 1 is 1.58 bits per heavy atom. The third-order valence-electron chi connectivity index (χ3n) is 2.83. The van der Waals surface area contributed by atoms with Crippen LogP contribution in [0.5, 0.6) is 0 Å². The molecule has 1 amide bonds. The molecule has 6 heteroatoms. The predicted octanol–water partition coefficient (Wildman–Crippen LogP) is 2.33. The number of nitriles is 1. The molecule has 0 aliphatic carbocycles. The number of amides is 1. The van der Waals surface area contributed by atoms with Gasteiger partial charge in [-0.25, -0.2) is 0 Å². The van der Waals surface area contributed by atoms with Gasteiger partial charge in [0.05, 0.1) is 17.4 Å². The van der Waals surface area contributed by atoms with Gasteiger partial charge in [-0.15, -0.1) is 0 Å². The summed E-state index contributed by atoms with van der Waals surface area (Å²) < 4.78 is 0. The molecule has 1 rings (SSSR count). The van der Waals surface area contributed by atoms with Crippen LogP contribution in [0.3, 0.4) is 0 Å². The van der Waals surface area contributed by atoms with Crippen molar-refractivity contribution < 1.29 is 9.72 Å². The lowest BCUT2D eigenvalue weighted by atomic mass is 10.1. The number of nitrogens with zero attached hydrogens (tertiary/aromatic N) is 2. The van der Waals surface area contributed by atoms with Crippen LogP contribution in [-0.2, 0) is 0 Å². The number of benzene rings is 1. The molecular weight excluding hydrogens is 246 g/mol. The maximum absolute atomic E-state index is 11.9. The van der Waals surface area contributed by atoms with Crippen molar-refractivity contribution in [3.63, 3.8) is 0 Å². The summed E-state index contributed by atoms with van der Waals surface area (Å²) in [6, 6.07) is 6.09. The zero-order valence-corrected chi connectivity index (χ0v) is 10.8. The molecule has 1 aromatic carbocycles. The number of nitrogens with one attached hydrogen (secondary N) is 1. The van der Waals surface area contributed by atoms with E-state index in [4.69, 9.17) is 5.26 Å². The standard InChI is InChI=1S/C13H15N3O3/c1-3-11(6-7-14)15-13(17)10-5-4-9(2)12(8-10)16(18)19/h4-5,8,11H,3,6H2,1-2H3,(H,15,17). The zero-order valence-electron chi connectivity index (χ0n) is 10.8. The second-order valence-electron chi connectivity index (χ2n) is 4.20. The quantitative estimate of drug-likeness (QED) is 0.649. The van der Waals surface area contributed by atoms with Gasteiger partial charge < -0.3 is 5.32 Å². The normalized spacial score (nSPS) is 11.4. The first kappa shape index (κ1) is 14.6. The van der Waals surface area contributed by atoms with E-state index in [9.17, 15) is 14.9 Å². The lowest BCUT2D eigenvalue weighted by Crippen LogP contribution is -2.34. The fourth-order valence-corrected chi connectivity index (χ4v) is 1.62. The Morgan fingerprint density at radius 2 is 2.26 bits per heavy atom. The molecule has 0 aromatic heterocycles. The Labute approximate surface area is 111 Å². The third-order valence-corrected chi connectivity index (χ3v) is 2.83. The number of carbonyl (C=O) groups is 1. The highest BCUT2D eigenvalue weighted by atomic mass is 16.6. The van der Waals surface area contributed by atoms with E-state index in [0.717, 1.165) is 0 Å². The van der Waals surface area contributed by atoms with Crippen LogP contribution in [0.4, 0.5) is 5.69 Å². The Hall–Kier alpha value is -2.42. The van der Waals surface area contributed by atoms with Crippen LogP contribution in [0.25, 0.3) is 0 Å². The predicted molar refractivity (Wildman–Crippen MR) is 69.6 cm³/mol. The van der Waals surface area contributed by atoms with E-state index in [1.807, 2.05) is 13.0 Å². The molecule has 0 spiro atoms. The average Bonchev–Trinajstić information content (AvgIpc) is 2.38. The number of nitro benzene ring substituents is 1. The number of nitro groups is 1. The highest BCUT2D eigenvalue weighted by Crippen LogP contribution is 2.19. The lowest BCUT2D eigenvalue weighted by molar-refractivity contribution is -0.385. The van der Waals surface area contributed by atoms with Crippen LogP contribution in [0.1, 0.15) is 35.7 Å². The summed E-state index contributed by atoms with van der Waals surface area (Å²) in [6.07, 6.45) is 0.851. The van der Waals surface area contributed by atoms with Crippen molar-refractivity contribution in [2.24, 2.45) is 0 Å². The zero-order chi connectivity index (χ0) is 14.4. The molecule has 0 bridgehead atoms. The van der Waals surface area contributed by atoms with Crippen LogP contribution in [0.15, 0.2) is 18.2 Å². The van der Waals surface area contributed by atoms with E-state index < -0.39 is 10.8 Å². The number of aryl methyl sites for hydroxylation is 1. The maximum atomic E-state index is 11.9. The minimum atomic E-state index is -0.515. The van der Waals surface area contributed by atoms with E-state index in [1.54, 1.807) is 6.92 Å². The van der Waals surface area contributed by atoms with E-state index in [-0.39, 0.29) is 23.7 Å². The molecule has 19 heavy (non-hydrogen) atoms. The summed E-state index contributed by atoms with van der Waals surface area (Å²) in [5, 5.41) is 22.1. The van der Waals surface area contributed by atoms with Gasteiger partial charge in [0.1, 0.15) is 0 Å². The van der Waals surface area contributed by atoms with Crippen molar-refractivity contribution in [3.05, 3.63) is 39.4 Å². The summed E-state index contributed by atoms with van der Waals surface area (Å²) >= 11 is 0. The van der Waals surface area contributed by atoms with E-state index in [1.165, 1.54) is 18.2 Å². The Kier molecular flexibility index (Phi) is 5.01. The van der Waals surface area contributed by atoms with Crippen molar-refractivity contribution >= 4 is 11.6 Å². The molecule has 100 valence electrons. The molecule has 1 unspecified atom stereocenters. The minimum absolute atomic E-state index is 0.0824. The fraction of sp³-hybridized carbons (Fsp3) is 0.385. The van der Waals surface area contributed by atoms with Gasteiger partial charge in [-0.2, -0.15) is 5.26 Å². The number of rotatable bonds is 5. The van der Waals surface area contributed by atoms with Crippen molar-refractivity contribution in [2.75, 3.05) is 0 Å². The highest BCUT2D eigenvalue weighted by molar-refractivity contribution is 5.95. The monoisotopic (exact) mass is 261 g/mol. The number of hydrogen-bond acceptors (Lipinski definition) is 4. The SMILES string of the molecule is CCC(CC#N)NC(=O)c1ccc(C)c([N+](=O)[O-])c1. The van der Waals surface area contributed by atoms with E-state index in [0.29, 0.717) is 12.0 Å². The van der Waals surface area contributed by atoms with Crippen LogP contribution in [0.2, 0.25) is 0 Å². The molecule has 6 nitrogen and oxygen atoms in total. The van der Waals surface area contributed by atoms with Crippen molar-refractivity contribution in [2.45, 2.75) is 32.7 Å². The smallest absolute Gasteiger partial charge is 0.273 e. The van der Waals surface area contributed by atoms with Gasteiger partial charge in [-0.1, -0.05) is 13.0 Å². The van der Waals surface area contributed by atoms with Gasteiger partial charge in [0, 0.05) is 23.2 Å². The van der Waals surface area contributed by atoms with Gasteiger partial charge in [-0.05, 0) is 19.4 Å². The minimum Gasteiger partial charge on any atom is -0.348 e. The molecule has 0 aliphatic rings. The molecular formula is C13H15N3O3.